The van der Waals surface area contributed by atoms with Gasteiger partial charge in [0.05, 0.1) is 6.04 Å². The number of rotatable bonds is 8. The van der Waals surface area contributed by atoms with E-state index < -0.39 is 16.5 Å². The Morgan fingerprint density at radius 3 is 2.17 bits per heavy atom. The Bertz CT molecular complexity index is 1430. The summed E-state index contributed by atoms with van der Waals surface area (Å²) >= 11 is 0. The summed E-state index contributed by atoms with van der Waals surface area (Å²) in [5, 5.41) is 6.71. The molecule has 186 valence electrons. The Labute approximate surface area is 210 Å². The fourth-order valence-corrected chi connectivity index (χ4v) is 4.09. The molecule has 1 unspecified atom stereocenters. The monoisotopic (exact) mass is 486 g/mol. The van der Waals surface area contributed by atoms with Crippen LogP contribution in [0.3, 0.4) is 0 Å². The van der Waals surface area contributed by atoms with E-state index in [1.54, 1.807) is 6.07 Å². The number of hydrogen-bond donors (Lipinski definition) is 2. The van der Waals surface area contributed by atoms with E-state index in [9.17, 15) is 14.0 Å². The molecule has 2 N–H and O–H groups in total. The normalized spacial score (nSPS) is 13.4. The molecule has 0 spiro atoms. The average Bonchev–Trinajstić information content (AvgIpc) is 2.84. The topological polar surface area (TPSA) is 67.4 Å². The second-order valence-corrected chi connectivity index (χ2v) is 10.1. The van der Waals surface area contributed by atoms with E-state index in [1.165, 1.54) is 12.1 Å². The minimum atomic E-state index is -0.619. The Morgan fingerprint density at radius 1 is 0.833 bits per heavy atom. The molecule has 0 heterocycles. The Kier molecular flexibility index (Phi) is 7.09. The van der Waals surface area contributed by atoms with E-state index in [2.05, 4.69) is 34.9 Å². The highest BCUT2D eigenvalue weighted by molar-refractivity contribution is 5.70. The number of benzene rings is 3. The van der Waals surface area contributed by atoms with Crippen LogP contribution in [-0.2, 0) is 0 Å². The molecular formula is C30H31FN2O3. The van der Waals surface area contributed by atoms with Gasteiger partial charge in [0.25, 0.3) is 10.9 Å². The van der Waals surface area contributed by atoms with Crippen molar-refractivity contribution in [3.8, 4) is 5.75 Å². The van der Waals surface area contributed by atoms with Crippen molar-refractivity contribution in [1.29, 1.82) is 0 Å². The maximum Gasteiger partial charge on any atom is 0.272 e. The molecule has 4 aromatic carbocycles. The van der Waals surface area contributed by atoms with E-state index in [4.69, 9.17) is 4.74 Å². The molecule has 0 bridgehead atoms. The van der Waals surface area contributed by atoms with Gasteiger partial charge in [0, 0.05) is 11.7 Å². The van der Waals surface area contributed by atoms with Gasteiger partial charge >= 0.3 is 0 Å². The lowest BCUT2D eigenvalue weighted by Crippen LogP contribution is -2.39. The standard InChI is InChI=1S/C30H31FN2O3/c1-18-12-14-20(15-13-18)25(32-19(2)21-8-6-10-23(31)16-21)22-9-7-11-24(17-22)33-26-27(34)28(35)29(26)36-30(3,4)5/h6-17,19,25,32-33H,1-5H3/t19-,25?/m1/s1. The van der Waals surface area contributed by atoms with Crippen LogP contribution in [0.15, 0.2) is 82.4 Å². The largest absolute Gasteiger partial charge is 0.482 e. The molecule has 0 aromatic heterocycles. The van der Waals surface area contributed by atoms with E-state index >= 15 is 0 Å². The Balaban J connectivity index is 1.66. The number of halogens is 1. The molecular weight excluding hydrogens is 455 g/mol. The summed E-state index contributed by atoms with van der Waals surface area (Å²) in [6.07, 6.45) is 0. The van der Waals surface area contributed by atoms with Gasteiger partial charge in [-0.2, -0.15) is 0 Å². The zero-order valence-corrected chi connectivity index (χ0v) is 21.2. The van der Waals surface area contributed by atoms with Crippen LogP contribution in [0.2, 0.25) is 0 Å². The molecule has 2 atom stereocenters. The highest BCUT2D eigenvalue weighted by atomic mass is 19.1. The lowest BCUT2D eigenvalue weighted by Gasteiger charge is -2.26. The van der Waals surface area contributed by atoms with Crippen LogP contribution in [-0.4, -0.2) is 5.60 Å². The Hall–Kier alpha value is -3.77. The van der Waals surface area contributed by atoms with Crippen LogP contribution >= 0.6 is 0 Å². The van der Waals surface area contributed by atoms with Gasteiger partial charge in [-0.3, -0.25) is 14.9 Å². The van der Waals surface area contributed by atoms with Crippen molar-refractivity contribution in [2.24, 2.45) is 0 Å². The van der Waals surface area contributed by atoms with Gasteiger partial charge in [-0.05, 0) is 75.6 Å². The molecule has 0 fully saturated rings. The van der Waals surface area contributed by atoms with Crippen molar-refractivity contribution < 1.29 is 9.13 Å². The van der Waals surface area contributed by atoms with Crippen LogP contribution in [0.1, 0.15) is 62.0 Å². The molecule has 6 heteroatoms. The van der Waals surface area contributed by atoms with E-state index in [0.29, 0.717) is 5.69 Å². The second kappa shape index (κ2) is 10.1. The summed E-state index contributed by atoms with van der Waals surface area (Å²) in [5.41, 5.74) is 3.01. The van der Waals surface area contributed by atoms with Gasteiger partial charge in [0.2, 0.25) is 0 Å². The second-order valence-electron chi connectivity index (χ2n) is 10.1. The van der Waals surface area contributed by atoms with Crippen LogP contribution < -0.4 is 26.2 Å². The minimum Gasteiger partial charge on any atom is -0.482 e. The first-order valence-corrected chi connectivity index (χ1v) is 12.0. The van der Waals surface area contributed by atoms with Crippen LogP contribution in [0.4, 0.5) is 15.8 Å². The predicted octanol–water partition coefficient (Wildman–Crippen LogP) is 6.09. The fraction of sp³-hybridized carbons (Fsp3) is 0.267. The molecule has 0 saturated carbocycles. The molecule has 0 radical (unpaired) electrons. The summed E-state index contributed by atoms with van der Waals surface area (Å²) in [4.78, 5) is 24.4. The molecule has 0 amide bonds. The number of anilines is 2. The predicted molar refractivity (Wildman–Crippen MR) is 142 cm³/mol. The molecule has 0 aliphatic heterocycles. The molecule has 5 nitrogen and oxygen atoms in total. The van der Waals surface area contributed by atoms with E-state index in [-0.39, 0.29) is 29.3 Å². The van der Waals surface area contributed by atoms with Gasteiger partial charge in [-0.1, -0.05) is 54.1 Å². The Morgan fingerprint density at radius 2 is 1.50 bits per heavy atom. The quantitative estimate of drug-likeness (QED) is 0.295. The summed E-state index contributed by atoms with van der Waals surface area (Å²) in [7, 11) is 0. The van der Waals surface area contributed by atoms with Crippen molar-refractivity contribution >= 4 is 11.4 Å². The third kappa shape index (κ3) is 5.71. The smallest absolute Gasteiger partial charge is 0.272 e. The maximum atomic E-state index is 13.9. The third-order valence-electron chi connectivity index (χ3n) is 5.94. The van der Waals surface area contributed by atoms with Gasteiger partial charge < -0.3 is 10.1 Å². The average molecular weight is 487 g/mol. The van der Waals surface area contributed by atoms with Crippen molar-refractivity contribution in [1.82, 2.24) is 5.32 Å². The van der Waals surface area contributed by atoms with Crippen LogP contribution in [0, 0.1) is 12.7 Å². The maximum absolute atomic E-state index is 13.9. The number of nitrogens with one attached hydrogen (secondary N) is 2. The van der Waals surface area contributed by atoms with Gasteiger partial charge in [0.15, 0.2) is 5.75 Å². The zero-order valence-electron chi connectivity index (χ0n) is 21.2. The SMILES string of the molecule is Cc1ccc(C(N[C@H](C)c2cccc(F)c2)c2cccc(Nc3c(OC(C)(C)C)c(=O)c3=O)c2)cc1. The van der Waals surface area contributed by atoms with Crippen LogP contribution in [0.25, 0.3) is 0 Å². The van der Waals surface area contributed by atoms with Gasteiger partial charge in [-0.25, -0.2) is 4.39 Å². The first kappa shape index (κ1) is 25.3. The number of hydrogen-bond acceptors (Lipinski definition) is 5. The van der Waals surface area contributed by atoms with Crippen molar-refractivity contribution in [3.63, 3.8) is 0 Å². The first-order chi connectivity index (χ1) is 17.0. The molecule has 4 rings (SSSR count). The zero-order chi connectivity index (χ0) is 26.0. The van der Waals surface area contributed by atoms with E-state index in [0.717, 1.165) is 22.3 Å². The van der Waals surface area contributed by atoms with Gasteiger partial charge in [0.1, 0.15) is 17.1 Å². The number of ether oxygens (including phenoxy) is 1. The first-order valence-electron chi connectivity index (χ1n) is 12.0. The third-order valence-corrected chi connectivity index (χ3v) is 5.94. The molecule has 36 heavy (non-hydrogen) atoms. The highest BCUT2D eigenvalue weighted by Crippen LogP contribution is 2.31. The molecule has 0 aliphatic rings. The van der Waals surface area contributed by atoms with Crippen LogP contribution in [0.5, 0.6) is 5.75 Å². The van der Waals surface area contributed by atoms with Crippen molar-refractivity contribution in [3.05, 3.63) is 121 Å². The minimum absolute atomic E-state index is 0.0610. The van der Waals surface area contributed by atoms with E-state index in [1.807, 2.05) is 65.0 Å². The molecule has 0 aliphatic carbocycles. The highest BCUT2D eigenvalue weighted by Gasteiger charge is 2.27. The summed E-state index contributed by atoms with van der Waals surface area (Å²) in [5.74, 6) is -0.216. The summed E-state index contributed by atoms with van der Waals surface area (Å²) < 4.78 is 19.6. The molecule has 0 saturated heterocycles. The van der Waals surface area contributed by atoms with Gasteiger partial charge in [-0.15, -0.1) is 0 Å². The lowest BCUT2D eigenvalue weighted by atomic mass is 9.95. The lowest BCUT2D eigenvalue weighted by molar-refractivity contribution is 0.128. The van der Waals surface area contributed by atoms with Crippen molar-refractivity contribution in [2.45, 2.75) is 52.3 Å². The summed E-state index contributed by atoms with van der Waals surface area (Å²) in [6, 6.07) is 22.1. The fourth-order valence-electron chi connectivity index (χ4n) is 4.09. The molecule has 4 aromatic rings. The number of aryl methyl sites for hydroxylation is 1. The van der Waals surface area contributed by atoms with Crippen molar-refractivity contribution in [2.75, 3.05) is 5.32 Å². The summed E-state index contributed by atoms with van der Waals surface area (Å²) in [6.45, 7) is 9.51.